The van der Waals surface area contributed by atoms with Gasteiger partial charge in [0, 0.05) is 18.7 Å². The number of hydrogen-bond acceptors (Lipinski definition) is 5. The van der Waals surface area contributed by atoms with Crippen LogP contribution in [0.15, 0.2) is 11.6 Å². The molecule has 2 aliphatic rings. The Hall–Kier alpha value is -1.89. The minimum Gasteiger partial charge on any atom is -0.463 e. The molecular weight excluding hydrogens is 454 g/mol. The molecule has 0 bridgehead atoms. The van der Waals surface area contributed by atoms with E-state index in [0.717, 1.165) is 64.3 Å². The quantitative estimate of drug-likeness (QED) is 0.325. The van der Waals surface area contributed by atoms with E-state index in [-0.39, 0.29) is 41.7 Å². The molecule has 2 rings (SSSR count). The molecular formula is C29H51N3O4. The van der Waals surface area contributed by atoms with Crippen molar-refractivity contribution in [1.29, 1.82) is 0 Å². The molecule has 0 aromatic rings. The van der Waals surface area contributed by atoms with Gasteiger partial charge in [-0.15, -0.1) is 0 Å². The van der Waals surface area contributed by atoms with Crippen molar-refractivity contribution < 1.29 is 19.1 Å². The van der Waals surface area contributed by atoms with Crippen molar-refractivity contribution in [2.45, 2.75) is 123 Å². The molecule has 1 saturated carbocycles. The zero-order valence-electron chi connectivity index (χ0n) is 23.8. The second-order valence-corrected chi connectivity index (χ2v) is 11.1. The first-order valence-corrected chi connectivity index (χ1v) is 14.3. The van der Waals surface area contributed by atoms with Crippen LogP contribution >= 0.6 is 0 Å². The molecule has 0 aromatic heterocycles. The van der Waals surface area contributed by atoms with Gasteiger partial charge < -0.3 is 15.0 Å². The Kier molecular flexibility index (Phi) is 12.4. The summed E-state index contributed by atoms with van der Waals surface area (Å²) in [6.45, 7) is 13.2. The fraction of sp³-hybridized carbons (Fsp3) is 0.828. The van der Waals surface area contributed by atoms with Crippen LogP contribution in [0, 0.1) is 11.8 Å². The monoisotopic (exact) mass is 505 g/mol. The van der Waals surface area contributed by atoms with Crippen LogP contribution in [0.1, 0.15) is 99.3 Å². The van der Waals surface area contributed by atoms with Gasteiger partial charge in [-0.2, -0.15) is 0 Å². The van der Waals surface area contributed by atoms with Gasteiger partial charge in [-0.05, 0) is 71.3 Å². The SMILES string of the molecule is CCOC(=O)/C(C)=C/[C@H](C(C)C)N(C)C(=O)C(NC(=O)C1CCCCCN1C(C)CC)C1CCCC1. The number of rotatable bonds is 11. The topological polar surface area (TPSA) is 79.0 Å². The number of hydrogen-bond donors (Lipinski definition) is 1. The molecule has 4 atom stereocenters. The van der Waals surface area contributed by atoms with Crippen LogP contribution < -0.4 is 5.32 Å². The molecule has 3 unspecified atom stereocenters. The fourth-order valence-electron chi connectivity index (χ4n) is 5.78. The summed E-state index contributed by atoms with van der Waals surface area (Å²) >= 11 is 0. The van der Waals surface area contributed by atoms with Crippen molar-refractivity contribution >= 4 is 17.8 Å². The third-order valence-corrected chi connectivity index (χ3v) is 8.18. The van der Waals surface area contributed by atoms with Gasteiger partial charge in [0.15, 0.2) is 0 Å². The Morgan fingerprint density at radius 1 is 1.03 bits per heavy atom. The molecule has 1 saturated heterocycles. The molecule has 36 heavy (non-hydrogen) atoms. The molecule has 0 spiro atoms. The molecule has 1 heterocycles. The summed E-state index contributed by atoms with van der Waals surface area (Å²) in [5.74, 6) is -0.176. The molecule has 1 N–H and O–H groups in total. The average molecular weight is 506 g/mol. The number of amides is 2. The molecule has 0 aromatic carbocycles. The molecule has 1 aliphatic heterocycles. The number of carbonyl (C=O) groups is 3. The lowest BCUT2D eigenvalue weighted by Crippen LogP contribution is -2.58. The number of carbonyl (C=O) groups excluding carboxylic acids is 3. The van der Waals surface area contributed by atoms with Gasteiger partial charge in [-0.25, -0.2) is 4.79 Å². The molecule has 206 valence electrons. The van der Waals surface area contributed by atoms with E-state index in [2.05, 4.69) is 24.1 Å². The van der Waals surface area contributed by atoms with E-state index in [0.29, 0.717) is 18.2 Å². The van der Waals surface area contributed by atoms with Crippen LogP contribution in [-0.4, -0.2) is 72.0 Å². The van der Waals surface area contributed by atoms with E-state index >= 15 is 0 Å². The lowest BCUT2D eigenvalue weighted by molar-refractivity contribution is -0.140. The van der Waals surface area contributed by atoms with E-state index in [1.807, 2.05) is 19.9 Å². The summed E-state index contributed by atoms with van der Waals surface area (Å²) in [5.41, 5.74) is 0.499. The second kappa shape index (κ2) is 14.7. The standard InChI is InChI=1S/C29H51N3O4/c1-8-22(6)32-18-14-10-11-17-24(32)27(33)30-26(23-15-12-13-16-23)28(34)31(7)25(20(3)4)19-21(5)29(35)36-9-2/h19-20,22-26H,8-18H2,1-7H3,(H,30,33)/b21-19+/t22?,24?,25-,26?/m1/s1. The third kappa shape index (κ3) is 8.06. The maximum Gasteiger partial charge on any atom is 0.333 e. The van der Waals surface area contributed by atoms with Crippen molar-refractivity contribution in [2.24, 2.45) is 11.8 Å². The lowest BCUT2D eigenvalue weighted by Gasteiger charge is -2.37. The smallest absolute Gasteiger partial charge is 0.333 e. The summed E-state index contributed by atoms with van der Waals surface area (Å²) in [7, 11) is 1.80. The largest absolute Gasteiger partial charge is 0.463 e. The Morgan fingerprint density at radius 3 is 2.25 bits per heavy atom. The van der Waals surface area contributed by atoms with Crippen LogP contribution in [0.25, 0.3) is 0 Å². The van der Waals surface area contributed by atoms with E-state index in [9.17, 15) is 14.4 Å². The fourth-order valence-corrected chi connectivity index (χ4v) is 5.78. The van der Waals surface area contributed by atoms with Crippen molar-refractivity contribution in [2.75, 3.05) is 20.2 Å². The number of nitrogens with one attached hydrogen (secondary N) is 1. The highest BCUT2D eigenvalue weighted by molar-refractivity contribution is 5.91. The van der Waals surface area contributed by atoms with Crippen LogP contribution in [0.5, 0.6) is 0 Å². The van der Waals surface area contributed by atoms with E-state index in [4.69, 9.17) is 4.74 Å². The third-order valence-electron chi connectivity index (χ3n) is 8.18. The summed E-state index contributed by atoms with van der Waals surface area (Å²) in [6.07, 6.45) is 11.1. The molecule has 7 nitrogen and oxygen atoms in total. The zero-order chi connectivity index (χ0) is 26.8. The van der Waals surface area contributed by atoms with Gasteiger partial charge in [0.25, 0.3) is 0 Å². The summed E-state index contributed by atoms with van der Waals surface area (Å²) in [5, 5.41) is 3.25. The van der Waals surface area contributed by atoms with E-state index < -0.39 is 6.04 Å². The number of esters is 1. The van der Waals surface area contributed by atoms with E-state index in [1.54, 1.807) is 25.8 Å². The van der Waals surface area contributed by atoms with Crippen molar-refractivity contribution in [3.8, 4) is 0 Å². The number of ether oxygens (including phenoxy) is 1. The van der Waals surface area contributed by atoms with Gasteiger partial charge in [0.1, 0.15) is 6.04 Å². The minimum absolute atomic E-state index is 0.00445. The summed E-state index contributed by atoms with van der Waals surface area (Å²) in [4.78, 5) is 44.0. The summed E-state index contributed by atoms with van der Waals surface area (Å²) in [6, 6.07) is -0.651. The zero-order valence-corrected chi connectivity index (χ0v) is 23.8. The highest BCUT2D eigenvalue weighted by Crippen LogP contribution is 2.30. The average Bonchev–Trinajstić information content (AvgIpc) is 3.27. The van der Waals surface area contributed by atoms with Crippen molar-refractivity contribution in [1.82, 2.24) is 15.1 Å². The minimum atomic E-state index is -0.537. The maximum absolute atomic E-state index is 14.0. The lowest BCUT2D eigenvalue weighted by atomic mass is 9.93. The molecule has 7 heteroatoms. The normalized spacial score (nSPS) is 22.6. The van der Waals surface area contributed by atoms with Crippen molar-refractivity contribution in [3.63, 3.8) is 0 Å². The number of likely N-dealkylation sites (N-methyl/N-ethyl adjacent to an activating group) is 1. The van der Waals surface area contributed by atoms with Gasteiger partial charge in [-0.1, -0.05) is 52.5 Å². The number of nitrogens with zero attached hydrogens (tertiary/aromatic N) is 2. The Balaban J connectivity index is 2.28. The second-order valence-electron chi connectivity index (χ2n) is 11.1. The maximum atomic E-state index is 14.0. The Bertz CT molecular complexity index is 760. The first-order valence-electron chi connectivity index (χ1n) is 14.3. The molecule has 0 radical (unpaired) electrons. The highest BCUT2D eigenvalue weighted by atomic mass is 16.5. The Labute approximate surface area is 219 Å². The molecule has 2 fully saturated rings. The number of likely N-dealkylation sites (tertiary alicyclic amines) is 1. The van der Waals surface area contributed by atoms with Gasteiger partial charge in [0.2, 0.25) is 11.8 Å². The van der Waals surface area contributed by atoms with Crippen LogP contribution in [0.3, 0.4) is 0 Å². The predicted molar refractivity (Wildman–Crippen MR) is 144 cm³/mol. The van der Waals surface area contributed by atoms with Crippen molar-refractivity contribution in [3.05, 3.63) is 11.6 Å². The Morgan fingerprint density at radius 2 is 1.67 bits per heavy atom. The van der Waals surface area contributed by atoms with Crippen LogP contribution in [-0.2, 0) is 19.1 Å². The summed E-state index contributed by atoms with van der Waals surface area (Å²) < 4.78 is 5.15. The van der Waals surface area contributed by atoms with Gasteiger partial charge >= 0.3 is 5.97 Å². The predicted octanol–water partition coefficient (Wildman–Crippen LogP) is 4.70. The molecule has 1 aliphatic carbocycles. The van der Waals surface area contributed by atoms with Gasteiger partial charge in [-0.3, -0.25) is 14.5 Å². The first-order chi connectivity index (χ1) is 17.1. The first kappa shape index (κ1) is 30.3. The van der Waals surface area contributed by atoms with Crippen LogP contribution in [0.4, 0.5) is 0 Å². The van der Waals surface area contributed by atoms with Crippen LogP contribution in [0.2, 0.25) is 0 Å². The van der Waals surface area contributed by atoms with Gasteiger partial charge in [0.05, 0.1) is 18.7 Å². The van der Waals surface area contributed by atoms with E-state index in [1.165, 1.54) is 0 Å². The highest BCUT2D eigenvalue weighted by Gasteiger charge is 2.39. The molecule has 2 amide bonds.